The molecule has 4 heteroatoms. The maximum atomic E-state index is 12.0. The summed E-state index contributed by atoms with van der Waals surface area (Å²) in [6.45, 7) is 4.71. The highest BCUT2D eigenvalue weighted by Gasteiger charge is 2.29. The van der Waals surface area contributed by atoms with E-state index in [1.165, 1.54) is 6.21 Å². The number of hydrogen-bond donors (Lipinski definition) is 0. The number of halogens is 3. The third-order valence-corrected chi connectivity index (χ3v) is 1.55. The van der Waals surface area contributed by atoms with Gasteiger partial charge in [-0.25, -0.2) is 0 Å². The average molecular weight is 205 g/mol. The lowest BCUT2D eigenvalue weighted by Gasteiger charge is -2.03. The molecule has 0 rings (SSSR count). The number of alkyl halides is 3. The van der Waals surface area contributed by atoms with Crippen LogP contribution in [-0.4, -0.2) is 12.4 Å². The summed E-state index contributed by atoms with van der Waals surface area (Å²) in [6, 6.07) is 0. The van der Waals surface area contributed by atoms with Crippen molar-refractivity contribution in [3.8, 4) is 0 Å². The predicted molar refractivity (Wildman–Crippen MR) is 52.4 cm³/mol. The van der Waals surface area contributed by atoms with Crippen LogP contribution in [0.5, 0.6) is 0 Å². The standard InChI is InChI=1S/C10H14F3N/c1-4-5-9(3)14-7-6-8(2)10(11,12)13/h5-7H,4H2,1-3H3/b8-6+,9-5+,14-7+. The Morgan fingerprint density at radius 2 is 1.86 bits per heavy atom. The predicted octanol–water partition coefficient (Wildman–Crippen LogP) is 3.88. The van der Waals surface area contributed by atoms with Gasteiger partial charge in [-0.3, -0.25) is 4.99 Å². The first kappa shape index (κ1) is 12.9. The minimum atomic E-state index is -4.26. The largest absolute Gasteiger partial charge is 0.412 e. The highest BCUT2D eigenvalue weighted by molar-refractivity contribution is 5.73. The van der Waals surface area contributed by atoms with Gasteiger partial charge in [-0.1, -0.05) is 13.0 Å². The third-order valence-electron chi connectivity index (χ3n) is 1.55. The molecule has 0 aromatic heterocycles. The fourth-order valence-corrected chi connectivity index (χ4v) is 0.709. The summed E-state index contributed by atoms with van der Waals surface area (Å²) in [7, 11) is 0. The summed E-state index contributed by atoms with van der Waals surface area (Å²) in [5.41, 5.74) is 0.0734. The second-order valence-corrected chi connectivity index (χ2v) is 2.88. The first-order valence-electron chi connectivity index (χ1n) is 4.32. The van der Waals surface area contributed by atoms with Crippen molar-refractivity contribution in [1.82, 2.24) is 0 Å². The Bertz CT molecular complexity index is 259. The highest BCUT2D eigenvalue weighted by atomic mass is 19.4. The van der Waals surface area contributed by atoms with Crippen molar-refractivity contribution in [2.24, 2.45) is 4.99 Å². The van der Waals surface area contributed by atoms with Gasteiger partial charge < -0.3 is 0 Å². The molecule has 0 radical (unpaired) electrons. The van der Waals surface area contributed by atoms with Gasteiger partial charge in [0.05, 0.1) is 0 Å². The topological polar surface area (TPSA) is 12.4 Å². The zero-order valence-electron chi connectivity index (χ0n) is 8.52. The third kappa shape index (κ3) is 5.56. The summed E-state index contributed by atoms with van der Waals surface area (Å²) >= 11 is 0. The Morgan fingerprint density at radius 1 is 1.29 bits per heavy atom. The fraction of sp³-hybridized carbons (Fsp3) is 0.500. The van der Waals surface area contributed by atoms with Crippen LogP contribution in [0, 0.1) is 0 Å². The molecular weight excluding hydrogens is 191 g/mol. The highest BCUT2D eigenvalue weighted by Crippen LogP contribution is 2.24. The molecule has 0 atom stereocenters. The lowest BCUT2D eigenvalue weighted by molar-refractivity contribution is -0.0911. The molecule has 0 spiro atoms. The molecule has 14 heavy (non-hydrogen) atoms. The van der Waals surface area contributed by atoms with Crippen LogP contribution in [0.1, 0.15) is 27.2 Å². The molecule has 0 aromatic carbocycles. The molecule has 0 heterocycles. The molecule has 1 nitrogen and oxygen atoms in total. The Kier molecular flexibility index (Phi) is 5.20. The van der Waals surface area contributed by atoms with Gasteiger partial charge in [-0.05, 0) is 26.3 Å². The van der Waals surface area contributed by atoms with Crippen LogP contribution in [0.2, 0.25) is 0 Å². The van der Waals surface area contributed by atoms with Gasteiger partial charge in [0.1, 0.15) is 0 Å². The van der Waals surface area contributed by atoms with Crippen LogP contribution in [0.15, 0.2) is 28.4 Å². The van der Waals surface area contributed by atoms with Crippen molar-refractivity contribution >= 4 is 6.21 Å². The summed E-state index contributed by atoms with van der Waals surface area (Å²) in [6.07, 6.45) is 0.546. The second kappa shape index (κ2) is 5.62. The van der Waals surface area contributed by atoms with E-state index in [9.17, 15) is 13.2 Å². The molecule has 0 bridgehead atoms. The smallest absolute Gasteiger partial charge is 0.262 e. The molecular formula is C10H14F3N. The Labute approximate surface area is 82.0 Å². The zero-order valence-corrected chi connectivity index (χ0v) is 8.52. The van der Waals surface area contributed by atoms with E-state index < -0.39 is 11.7 Å². The van der Waals surface area contributed by atoms with Gasteiger partial charge in [0.2, 0.25) is 0 Å². The van der Waals surface area contributed by atoms with Gasteiger partial charge in [0.15, 0.2) is 0 Å². The van der Waals surface area contributed by atoms with Crippen LogP contribution < -0.4 is 0 Å². The van der Waals surface area contributed by atoms with E-state index in [-0.39, 0.29) is 0 Å². The van der Waals surface area contributed by atoms with Crippen LogP contribution in [0.25, 0.3) is 0 Å². The van der Waals surface area contributed by atoms with Crippen molar-refractivity contribution in [2.75, 3.05) is 0 Å². The van der Waals surface area contributed by atoms with Gasteiger partial charge in [-0.15, -0.1) is 0 Å². The first-order valence-corrected chi connectivity index (χ1v) is 4.32. The molecule has 0 amide bonds. The van der Waals surface area contributed by atoms with Crippen molar-refractivity contribution in [3.63, 3.8) is 0 Å². The lowest BCUT2D eigenvalue weighted by atomic mass is 10.3. The molecule has 0 N–H and O–H groups in total. The SMILES string of the molecule is CC/C=C(C)/N=C/C=C(\C)C(F)(F)F. The molecule has 80 valence electrons. The van der Waals surface area contributed by atoms with E-state index >= 15 is 0 Å². The summed E-state index contributed by atoms with van der Waals surface area (Å²) in [4.78, 5) is 3.83. The number of rotatable bonds is 3. The Balaban J connectivity index is 4.36. The van der Waals surface area contributed by atoms with Gasteiger partial charge in [0.25, 0.3) is 0 Å². The van der Waals surface area contributed by atoms with E-state index in [4.69, 9.17) is 0 Å². The lowest BCUT2D eigenvalue weighted by Crippen LogP contribution is -2.08. The van der Waals surface area contributed by atoms with Crippen molar-refractivity contribution < 1.29 is 13.2 Å². The number of aliphatic imine (C=N–C) groups is 1. The maximum absolute atomic E-state index is 12.0. The fourth-order valence-electron chi connectivity index (χ4n) is 0.709. The molecule has 0 aromatic rings. The van der Waals surface area contributed by atoms with Crippen LogP contribution in [-0.2, 0) is 0 Å². The maximum Gasteiger partial charge on any atom is 0.412 e. The Hall–Kier alpha value is -1.06. The quantitative estimate of drug-likeness (QED) is 0.620. The summed E-state index contributed by atoms with van der Waals surface area (Å²) in [5.74, 6) is 0. The monoisotopic (exact) mass is 205 g/mol. The number of allylic oxidation sites excluding steroid dienone is 4. The number of nitrogens with zero attached hydrogens (tertiary/aromatic N) is 1. The molecule has 0 saturated heterocycles. The van der Waals surface area contributed by atoms with E-state index in [2.05, 4.69) is 4.99 Å². The van der Waals surface area contributed by atoms with E-state index in [1.807, 2.05) is 13.0 Å². The van der Waals surface area contributed by atoms with E-state index in [0.29, 0.717) is 0 Å². The molecule has 0 aliphatic heterocycles. The Morgan fingerprint density at radius 3 is 2.29 bits per heavy atom. The van der Waals surface area contributed by atoms with E-state index in [0.717, 1.165) is 25.1 Å². The average Bonchev–Trinajstić information content (AvgIpc) is 2.02. The normalized spacial score (nSPS) is 15.3. The second-order valence-electron chi connectivity index (χ2n) is 2.88. The van der Waals surface area contributed by atoms with Crippen molar-refractivity contribution in [2.45, 2.75) is 33.4 Å². The minimum absolute atomic E-state index is 0.648. The molecule has 0 aliphatic rings. The number of hydrogen-bond acceptors (Lipinski definition) is 1. The minimum Gasteiger partial charge on any atom is -0.262 e. The molecule has 0 aliphatic carbocycles. The summed E-state index contributed by atoms with van der Waals surface area (Å²) in [5, 5.41) is 0. The van der Waals surface area contributed by atoms with Crippen molar-refractivity contribution in [3.05, 3.63) is 23.4 Å². The molecule has 0 unspecified atom stereocenters. The van der Waals surface area contributed by atoms with Gasteiger partial charge >= 0.3 is 6.18 Å². The van der Waals surface area contributed by atoms with E-state index in [1.54, 1.807) is 6.92 Å². The zero-order chi connectivity index (χ0) is 11.2. The van der Waals surface area contributed by atoms with Crippen LogP contribution in [0.3, 0.4) is 0 Å². The summed E-state index contributed by atoms with van der Waals surface area (Å²) < 4.78 is 35.9. The first-order chi connectivity index (χ1) is 6.38. The van der Waals surface area contributed by atoms with Crippen LogP contribution in [0.4, 0.5) is 13.2 Å². The van der Waals surface area contributed by atoms with Gasteiger partial charge in [0, 0.05) is 17.5 Å². The van der Waals surface area contributed by atoms with Gasteiger partial charge in [-0.2, -0.15) is 13.2 Å². The molecule has 0 fully saturated rings. The van der Waals surface area contributed by atoms with Crippen molar-refractivity contribution in [1.29, 1.82) is 0 Å². The molecule has 0 saturated carbocycles. The van der Waals surface area contributed by atoms with Crippen LogP contribution >= 0.6 is 0 Å².